The van der Waals surface area contributed by atoms with Crippen molar-refractivity contribution in [3.63, 3.8) is 0 Å². The second-order valence-electron chi connectivity index (χ2n) is 6.75. The van der Waals surface area contributed by atoms with E-state index in [2.05, 4.69) is 22.0 Å². The molecule has 2 unspecified atom stereocenters. The largest absolute Gasteiger partial charge is 0.383 e. The van der Waals surface area contributed by atoms with Gasteiger partial charge < -0.3 is 9.64 Å². The van der Waals surface area contributed by atoms with E-state index < -0.39 is 6.04 Å². The first kappa shape index (κ1) is 20.2. The molecule has 0 saturated carbocycles. The topological polar surface area (TPSA) is 66.4 Å². The lowest BCUT2D eigenvalue weighted by Gasteiger charge is -2.42. The number of rotatable bonds is 7. The Balaban J connectivity index is 1.75. The molecule has 2 aromatic heterocycles. The van der Waals surface area contributed by atoms with Crippen LogP contribution < -0.4 is 0 Å². The fourth-order valence-electron chi connectivity index (χ4n) is 3.60. The Kier molecular flexibility index (Phi) is 6.80. The number of aromatic amines is 1. The summed E-state index contributed by atoms with van der Waals surface area (Å²) in [6, 6.07) is 3.93. The number of piperazine rings is 1. The molecule has 2 aromatic rings. The molecule has 0 radical (unpaired) electrons. The maximum atomic E-state index is 13.2. The zero-order chi connectivity index (χ0) is 19.4. The molecule has 3 rings (SSSR count). The third-order valence-corrected chi connectivity index (χ3v) is 6.31. The second-order valence-corrected chi connectivity index (χ2v) is 8.09. The van der Waals surface area contributed by atoms with E-state index in [1.54, 1.807) is 18.4 Å². The van der Waals surface area contributed by atoms with Gasteiger partial charge in [0.05, 0.1) is 11.5 Å². The van der Waals surface area contributed by atoms with E-state index in [1.165, 1.54) is 0 Å². The summed E-state index contributed by atoms with van der Waals surface area (Å²) in [6.07, 6.45) is 1.01. The molecule has 0 aromatic carbocycles. The van der Waals surface area contributed by atoms with Crippen LogP contribution in [-0.4, -0.2) is 76.4 Å². The van der Waals surface area contributed by atoms with Crippen LogP contribution in [0.3, 0.4) is 0 Å². The number of carbonyl (C=O) groups excluding carboxylic acids is 1. The lowest BCUT2D eigenvalue weighted by molar-refractivity contribution is -0.137. The maximum absolute atomic E-state index is 13.2. The molecule has 1 fully saturated rings. The summed E-state index contributed by atoms with van der Waals surface area (Å²) in [6.45, 7) is 8.03. The van der Waals surface area contributed by atoms with Gasteiger partial charge in [-0.3, -0.25) is 19.4 Å². The van der Waals surface area contributed by atoms with Gasteiger partial charge in [0.25, 0.3) is 0 Å². The molecule has 1 aliphatic rings. The third kappa shape index (κ3) is 4.31. The average molecular weight is 410 g/mol. The number of nitrogens with one attached hydrogen (secondary N) is 1. The van der Waals surface area contributed by atoms with Crippen molar-refractivity contribution in [3.8, 4) is 10.7 Å². The first-order chi connectivity index (χ1) is 13.1. The van der Waals surface area contributed by atoms with Crippen LogP contribution in [0.1, 0.15) is 26.3 Å². The number of ether oxygens (including phenoxy) is 1. The summed E-state index contributed by atoms with van der Waals surface area (Å²) >= 11 is 7.00. The first-order valence-corrected chi connectivity index (χ1v) is 10.6. The quantitative estimate of drug-likeness (QED) is 0.713. The monoisotopic (exact) mass is 409 g/mol. The van der Waals surface area contributed by atoms with Crippen LogP contribution in [0.2, 0.25) is 0 Å². The van der Waals surface area contributed by atoms with Gasteiger partial charge in [-0.15, -0.1) is 11.3 Å². The van der Waals surface area contributed by atoms with Crippen molar-refractivity contribution in [2.75, 3.05) is 39.9 Å². The van der Waals surface area contributed by atoms with Gasteiger partial charge in [0, 0.05) is 39.3 Å². The molecular weight excluding hydrogens is 382 g/mol. The number of carbonyl (C=O) groups is 1. The van der Waals surface area contributed by atoms with Gasteiger partial charge in [0.15, 0.2) is 10.6 Å². The third-order valence-electron chi connectivity index (χ3n) is 5.16. The second kappa shape index (κ2) is 9.09. The van der Waals surface area contributed by atoms with Gasteiger partial charge in [0.2, 0.25) is 5.91 Å². The number of methoxy groups -OCH3 is 1. The van der Waals surface area contributed by atoms with Crippen LogP contribution in [0.25, 0.3) is 10.7 Å². The Morgan fingerprint density at radius 1 is 1.52 bits per heavy atom. The molecule has 1 saturated heterocycles. The van der Waals surface area contributed by atoms with Gasteiger partial charge in [0.1, 0.15) is 6.04 Å². The van der Waals surface area contributed by atoms with Gasteiger partial charge >= 0.3 is 0 Å². The van der Waals surface area contributed by atoms with E-state index in [4.69, 9.17) is 17.0 Å². The average Bonchev–Trinajstić information content (AvgIpc) is 3.34. The summed E-state index contributed by atoms with van der Waals surface area (Å²) in [5, 5.41) is 9.19. The number of thiophene rings is 1. The van der Waals surface area contributed by atoms with E-state index in [9.17, 15) is 4.79 Å². The molecule has 1 amide bonds. The highest BCUT2D eigenvalue weighted by molar-refractivity contribution is 7.71. The van der Waals surface area contributed by atoms with E-state index in [0.29, 0.717) is 10.8 Å². The van der Waals surface area contributed by atoms with Crippen LogP contribution in [0.4, 0.5) is 0 Å². The predicted octanol–water partition coefficient (Wildman–Crippen LogP) is 2.80. The van der Waals surface area contributed by atoms with Crippen molar-refractivity contribution in [1.82, 2.24) is 24.6 Å². The van der Waals surface area contributed by atoms with Crippen molar-refractivity contribution in [2.24, 2.45) is 0 Å². The highest BCUT2D eigenvalue weighted by atomic mass is 32.1. The summed E-state index contributed by atoms with van der Waals surface area (Å²) in [7, 11) is 1.72. The molecule has 0 bridgehead atoms. The number of hydrogen-bond donors (Lipinski definition) is 1. The molecule has 148 valence electrons. The Morgan fingerprint density at radius 3 is 3.00 bits per heavy atom. The number of H-pyrrole nitrogens is 1. The minimum atomic E-state index is -0.392. The van der Waals surface area contributed by atoms with E-state index in [0.717, 1.165) is 49.9 Å². The number of aromatic nitrogens is 3. The molecule has 3 heterocycles. The van der Waals surface area contributed by atoms with Gasteiger partial charge in [-0.1, -0.05) is 13.0 Å². The molecule has 0 spiro atoms. The Hall–Kier alpha value is -1.55. The molecule has 1 aliphatic heterocycles. The number of nitrogens with zero attached hydrogens (tertiary/aromatic N) is 4. The lowest BCUT2D eigenvalue weighted by atomic mass is 10.1. The SMILES string of the molecule is CCC1CN(C(=O)C(C)n2c(-c3cccs3)n[nH]c2=S)CCN1CCOC. The summed E-state index contributed by atoms with van der Waals surface area (Å²) in [5.74, 6) is 0.816. The first-order valence-electron chi connectivity index (χ1n) is 9.29. The molecule has 7 nitrogen and oxygen atoms in total. The van der Waals surface area contributed by atoms with Gasteiger partial charge in [-0.25, -0.2) is 0 Å². The minimum Gasteiger partial charge on any atom is -0.383 e. The fraction of sp³-hybridized carbons (Fsp3) is 0.611. The van der Waals surface area contributed by atoms with Crippen molar-refractivity contribution in [2.45, 2.75) is 32.4 Å². The molecule has 1 N–H and O–H groups in total. The van der Waals surface area contributed by atoms with Crippen LogP contribution in [-0.2, 0) is 9.53 Å². The molecule has 0 aliphatic carbocycles. The summed E-state index contributed by atoms with van der Waals surface area (Å²) in [5.41, 5.74) is 0. The smallest absolute Gasteiger partial charge is 0.245 e. The highest BCUT2D eigenvalue weighted by Crippen LogP contribution is 2.27. The standard InChI is InChI=1S/C18H27N5O2S2/c1-4-14-12-22(8-7-21(14)9-10-25-3)17(24)13(2)23-16(19-20-18(23)26)15-6-5-11-27-15/h5-6,11,13-14H,4,7-10,12H2,1-3H3,(H,20,26). The van der Waals surface area contributed by atoms with Gasteiger partial charge in [-0.05, 0) is 37.0 Å². The summed E-state index contributed by atoms with van der Waals surface area (Å²) in [4.78, 5) is 18.6. The molecule has 27 heavy (non-hydrogen) atoms. The maximum Gasteiger partial charge on any atom is 0.245 e. The minimum absolute atomic E-state index is 0.0927. The fourth-order valence-corrected chi connectivity index (χ4v) is 4.60. The van der Waals surface area contributed by atoms with Crippen LogP contribution in [0.5, 0.6) is 0 Å². The Bertz CT molecular complexity index is 801. The van der Waals surface area contributed by atoms with Gasteiger partial charge in [-0.2, -0.15) is 5.10 Å². The van der Waals surface area contributed by atoms with Crippen molar-refractivity contribution < 1.29 is 9.53 Å². The van der Waals surface area contributed by atoms with Crippen LogP contribution >= 0.6 is 23.6 Å². The normalized spacial score (nSPS) is 19.4. The zero-order valence-electron chi connectivity index (χ0n) is 16.1. The summed E-state index contributed by atoms with van der Waals surface area (Å²) < 4.78 is 7.53. The van der Waals surface area contributed by atoms with E-state index >= 15 is 0 Å². The lowest BCUT2D eigenvalue weighted by Crippen LogP contribution is -2.56. The Morgan fingerprint density at radius 2 is 2.33 bits per heavy atom. The number of amides is 1. The Labute approximate surface area is 168 Å². The molecular formula is C18H27N5O2S2. The number of hydrogen-bond acceptors (Lipinski definition) is 6. The highest BCUT2D eigenvalue weighted by Gasteiger charge is 2.32. The van der Waals surface area contributed by atoms with Crippen LogP contribution in [0, 0.1) is 4.77 Å². The molecule has 2 atom stereocenters. The van der Waals surface area contributed by atoms with Crippen LogP contribution in [0.15, 0.2) is 17.5 Å². The molecule has 9 heteroatoms. The van der Waals surface area contributed by atoms with Crippen molar-refractivity contribution in [1.29, 1.82) is 0 Å². The predicted molar refractivity (Wildman–Crippen MR) is 110 cm³/mol. The van der Waals surface area contributed by atoms with Crippen molar-refractivity contribution in [3.05, 3.63) is 22.3 Å². The zero-order valence-corrected chi connectivity index (χ0v) is 17.7. The van der Waals surface area contributed by atoms with E-state index in [-0.39, 0.29) is 5.91 Å². The van der Waals surface area contributed by atoms with E-state index in [1.807, 2.05) is 33.9 Å². The van der Waals surface area contributed by atoms with Crippen molar-refractivity contribution >= 4 is 29.5 Å².